The van der Waals surface area contributed by atoms with Gasteiger partial charge in [-0.3, -0.25) is 0 Å². The summed E-state index contributed by atoms with van der Waals surface area (Å²) in [5.41, 5.74) is 0.939. The van der Waals surface area contributed by atoms with Crippen LogP contribution in [0.5, 0.6) is 0 Å². The third kappa shape index (κ3) is 5.26. The molecule has 89 valence electrons. The lowest BCUT2D eigenvalue weighted by atomic mass is 10.1. The van der Waals surface area contributed by atoms with E-state index >= 15 is 0 Å². The van der Waals surface area contributed by atoms with E-state index in [1.807, 2.05) is 30.3 Å². The Balaban J connectivity index is 2.09. The average Bonchev–Trinajstić information content (AvgIpc) is 2.34. The van der Waals surface area contributed by atoms with Crippen molar-refractivity contribution in [2.45, 2.75) is 25.4 Å². The summed E-state index contributed by atoms with van der Waals surface area (Å²) in [4.78, 5) is 0. The minimum absolute atomic E-state index is 0.0205. The Morgan fingerprint density at radius 2 is 1.88 bits per heavy atom. The van der Waals surface area contributed by atoms with E-state index in [1.165, 1.54) is 0 Å². The highest BCUT2D eigenvalue weighted by Gasteiger charge is 2.04. The molecular weight excluding hydrogens is 202 g/mol. The lowest BCUT2D eigenvalue weighted by Gasteiger charge is -2.11. The Kier molecular flexibility index (Phi) is 6.81. The standard InChI is InChI=1S/C13H20NO2/c15-10-6-2-5-9-14-11-13(16)12-7-3-1-4-8-12/h1,3-4,7-8,13-14,16H,2,5-6,9-11H2. The fraction of sp³-hybridized carbons (Fsp3) is 0.538. The molecule has 0 spiro atoms. The molecule has 2 N–H and O–H groups in total. The summed E-state index contributed by atoms with van der Waals surface area (Å²) in [6, 6.07) is 9.62. The number of hydrogen-bond donors (Lipinski definition) is 2. The van der Waals surface area contributed by atoms with Gasteiger partial charge in [-0.05, 0) is 31.4 Å². The van der Waals surface area contributed by atoms with Crippen molar-refractivity contribution in [2.75, 3.05) is 19.7 Å². The Morgan fingerprint density at radius 1 is 1.12 bits per heavy atom. The van der Waals surface area contributed by atoms with E-state index in [2.05, 4.69) is 5.32 Å². The number of nitrogens with one attached hydrogen (secondary N) is 1. The Hall–Kier alpha value is -0.900. The first-order chi connectivity index (χ1) is 7.84. The van der Waals surface area contributed by atoms with Crippen molar-refractivity contribution in [3.8, 4) is 0 Å². The van der Waals surface area contributed by atoms with E-state index in [0.29, 0.717) is 6.54 Å². The van der Waals surface area contributed by atoms with E-state index in [9.17, 15) is 10.2 Å². The van der Waals surface area contributed by atoms with Gasteiger partial charge in [0.25, 0.3) is 0 Å². The van der Waals surface area contributed by atoms with Crippen molar-refractivity contribution in [3.63, 3.8) is 0 Å². The molecule has 0 aliphatic rings. The molecule has 0 fully saturated rings. The first-order valence-electron chi connectivity index (χ1n) is 5.86. The maximum absolute atomic E-state index is 10.2. The van der Waals surface area contributed by atoms with Crippen molar-refractivity contribution < 1.29 is 10.2 Å². The van der Waals surface area contributed by atoms with Gasteiger partial charge < -0.3 is 10.4 Å². The van der Waals surface area contributed by atoms with Crippen molar-refractivity contribution in [3.05, 3.63) is 35.9 Å². The number of aliphatic hydroxyl groups is 1. The van der Waals surface area contributed by atoms with Crippen LogP contribution in [0.1, 0.15) is 30.9 Å². The van der Waals surface area contributed by atoms with Gasteiger partial charge in [0.15, 0.2) is 0 Å². The van der Waals surface area contributed by atoms with E-state index < -0.39 is 6.10 Å². The molecule has 1 radical (unpaired) electrons. The van der Waals surface area contributed by atoms with Crippen LogP contribution in [-0.2, 0) is 5.11 Å². The smallest absolute Gasteiger partial charge is 0.0914 e. The summed E-state index contributed by atoms with van der Waals surface area (Å²) in [6.07, 6.45) is 2.28. The third-order valence-electron chi connectivity index (χ3n) is 2.52. The molecule has 0 saturated carbocycles. The molecule has 3 nitrogen and oxygen atoms in total. The number of unbranched alkanes of at least 4 members (excludes halogenated alkanes) is 2. The first kappa shape index (κ1) is 13.2. The van der Waals surface area contributed by atoms with Crippen molar-refractivity contribution in [1.29, 1.82) is 0 Å². The van der Waals surface area contributed by atoms with Crippen LogP contribution in [0.4, 0.5) is 0 Å². The maximum Gasteiger partial charge on any atom is 0.0914 e. The number of aliphatic hydroxyl groups excluding tert-OH is 1. The van der Waals surface area contributed by atoms with Crippen LogP contribution in [0, 0.1) is 0 Å². The van der Waals surface area contributed by atoms with Crippen molar-refractivity contribution in [1.82, 2.24) is 5.32 Å². The summed E-state index contributed by atoms with van der Waals surface area (Å²) >= 11 is 0. The number of benzene rings is 1. The molecule has 1 aromatic carbocycles. The van der Waals surface area contributed by atoms with Crippen LogP contribution < -0.4 is 5.32 Å². The van der Waals surface area contributed by atoms with Crippen LogP contribution >= 0.6 is 0 Å². The van der Waals surface area contributed by atoms with Gasteiger partial charge in [-0.1, -0.05) is 30.3 Å². The molecule has 0 amide bonds. The van der Waals surface area contributed by atoms with Crippen LogP contribution in [0.2, 0.25) is 0 Å². The summed E-state index contributed by atoms with van der Waals surface area (Å²) in [6.45, 7) is 1.46. The second-order valence-electron chi connectivity index (χ2n) is 3.90. The van der Waals surface area contributed by atoms with Gasteiger partial charge >= 0.3 is 0 Å². The zero-order valence-corrected chi connectivity index (χ0v) is 9.56. The van der Waals surface area contributed by atoms with Crippen molar-refractivity contribution >= 4 is 0 Å². The summed E-state index contributed by atoms with van der Waals surface area (Å²) in [5.74, 6) is 0. The predicted molar refractivity (Wildman–Crippen MR) is 63.7 cm³/mol. The highest BCUT2D eigenvalue weighted by atomic mass is 16.3. The molecule has 0 aliphatic carbocycles. The molecule has 1 aromatic rings. The van der Waals surface area contributed by atoms with E-state index in [0.717, 1.165) is 31.4 Å². The molecule has 0 bridgehead atoms. The van der Waals surface area contributed by atoms with Crippen LogP contribution in [0.25, 0.3) is 0 Å². The Bertz CT molecular complexity index is 264. The van der Waals surface area contributed by atoms with Gasteiger partial charge in [0, 0.05) is 6.54 Å². The highest BCUT2D eigenvalue weighted by Crippen LogP contribution is 2.10. The lowest BCUT2D eigenvalue weighted by Crippen LogP contribution is -2.22. The van der Waals surface area contributed by atoms with E-state index in [1.54, 1.807) is 0 Å². The molecule has 1 atom stereocenters. The Labute approximate surface area is 97.1 Å². The molecule has 1 rings (SSSR count). The van der Waals surface area contributed by atoms with Crippen molar-refractivity contribution in [2.24, 2.45) is 0 Å². The maximum atomic E-state index is 10.2. The van der Waals surface area contributed by atoms with Gasteiger partial charge in [0.1, 0.15) is 0 Å². The van der Waals surface area contributed by atoms with Gasteiger partial charge in [0.2, 0.25) is 0 Å². The minimum Gasteiger partial charge on any atom is -0.387 e. The highest BCUT2D eigenvalue weighted by molar-refractivity contribution is 5.17. The molecule has 0 aliphatic heterocycles. The van der Waals surface area contributed by atoms with Gasteiger partial charge in [-0.25, -0.2) is 5.11 Å². The molecule has 3 heteroatoms. The predicted octanol–water partition coefficient (Wildman–Crippen LogP) is 1.91. The summed E-state index contributed by atoms with van der Waals surface area (Å²) < 4.78 is 0. The monoisotopic (exact) mass is 222 g/mol. The lowest BCUT2D eigenvalue weighted by molar-refractivity contribution is 0.173. The van der Waals surface area contributed by atoms with Crippen LogP contribution in [-0.4, -0.2) is 24.8 Å². The quantitative estimate of drug-likeness (QED) is 0.660. The second-order valence-corrected chi connectivity index (χ2v) is 3.90. The van der Waals surface area contributed by atoms with Gasteiger partial charge in [-0.15, -0.1) is 0 Å². The Morgan fingerprint density at radius 3 is 2.56 bits per heavy atom. The minimum atomic E-state index is -0.444. The summed E-state index contributed by atoms with van der Waals surface area (Å²) in [7, 11) is 0. The third-order valence-corrected chi connectivity index (χ3v) is 2.52. The molecule has 0 heterocycles. The fourth-order valence-electron chi connectivity index (χ4n) is 1.56. The topological polar surface area (TPSA) is 52.2 Å². The zero-order valence-electron chi connectivity index (χ0n) is 9.56. The van der Waals surface area contributed by atoms with Crippen LogP contribution in [0.15, 0.2) is 30.3 Å². The molecule has 16 heavy (non-hydrogen) atoms. The number of rotatable bonds is 8. The van der Waals surface area contributed by atoms with Crippen LogP contribution in [0.3, 0.4) is 0 Å². The van der Waals surface area contributed by atoms with Gasteiger partial charge in [-0.2, -0.15) is 0 Å². The zero-order chi connectivity index (χ0) is 11.6. The molecule has 0 saturated heterocycles. The fourth-order valence-corrected chi connectivity index (χ4v) is 1.56. The largest absolute Gasteiger partial charge is 0.387 e. The normalized spacial score (nSPS) is 12.6. The second kappa shape index (κ2) is 8.28. The molecule has 1 unspecified atom stereocenters. The first-order valence-corrected chi connectivity index (χ1v) is 5.86. The molecular formula is C13H20NO2. The van der Waals surface area contributed by atoms with Gasteiger partial charge in [0.05, 0.1) is 12.7 Å². The number of hydrogen-bond acceptors (Lipinski definition) is 2. The van der Waals surface area contributed by atoms with E-state index in [4.69, 9.17) is 0 Å². The average molecular weight is 222 g/mol. The summed E-state index contributed by atoms with van der Waals surface area (Å²) in [5, 5.41) is 23.2. The molecule has 0 aromatic heterocycles. The van der Waals surface area contributed by atoms with E-state index in [-0.39, 0.29) is 6.61 Å². The SMILES string of the molecule is [O]CCCCCNCC(O)c1ccccc1.